The van der Waals surface area contributed by atoms with Gasteiger partial charge in [0.25, 0.3) is 0 Å². The van der Waals surface area contributed by atoms with Gasteiger partial charge in [0.1, 0.15) is 18.7 Å². The Kier molecular flexibility index (Phi) is 47.7. The molecule has 0 atom stereocenters. The molecule has 3 N–H and O–H groups in total. The third-order valence-corrected chi connectivity index (χ3v) is 9.74. The Morgan fingerprint density at radius 3 is 1.22 bits per heavy atom. The van der Waals surface area contributed by atoms with Gasteiger partial charge in [0, 0.05) is 35.0 Å². The summed E-state index contributed by atoms with van der Waals surface area (Å²) in [5.41, 5.74) is -0.881. The van der Waals surface area contributed by atoms with E-state index in [9.17, 15) is 24.0 Å². The molecule has 0 aromatic heterocycles. The van der Waals surface area contributed by atoms with Gasteiger partial charge in [-0.05, 0) is 46.5 Å². The van der Waals surface area contributed by atoms with Gasteiger partial charge in [-0.2, -0.15) is 0 Å². The first-order valence-electron chi connectivity index (χ1n) is 27.4. The number of likely N-dealkylation sites (N-methyl/N-ethyl adjacent to an activating group) is 2. The predicted octanol–water partition coefficient (Wildman–Crippen LogP) is 10.1. The molecule has 0 saturated carbocycles. The van der Waals surface area contributed by atoms with E-state index in [-0.39, 0.29) is 58.0 Å². The molecule has 0 saturated heterocycles. The summed E-state index contributed by atoms with van der Waals surface area (Å²) in [6.07, 6.45) is 26.4. The molecule has 0 rings (SSSR count). The minimum Gasteiger partial charge on any atom is -1.00 e. The maximum Gasteiger partial charge on any atom is 0.437 e. The fourth-order valence-corrected chi connectivity index (χ4v) is 6.10. The highest BCUT2D eigenvalue weighted by molar-refractivity contribution is 6.01. The van der Waals surface area contributed by atoms with Gasteiger partial charge in [-0.15, -0.1) is 17.4 Å². The van der Waals surface area contributed by atoms with Gasteiger partial charge in [0.2, 0.25) is 17.8 Å². The summed E-state index contributed by atoms with van der Waals surface area (Å²) in [5.74, 6) is -3.54. The molecule has 0 aliphatic carbocycles. The Labute approximate surface area is 424 Å². The SMILES string of the molecule is C.C.Cl.[2H]C([2H])([2H])N(CC(=O)OCCCCCCC)C(=N)NC(=O)CCCCCCCCCC.[2H]C([2H])([2H])N(CC(=O)OCCCCCCC)C(=NC(=O)OC(C)(C)C)NC(=O)CCCCCCCCCC.[F-]. The van der Waals surface area contributed by atoms with Gasteiger partial charge < -0.3 is 28.7 Å². The Morgan fingerprint density at radius 2 is 0.866 bits per heavy atom. The Bertz CT molecular complexity index is 1460. The van der Waals surface area contributed by atoms with Crippen molar-refractivity contribution < 1.29 is 51.1 Å². The fourth-order valence-electron chi connectivity index (χ4n) is 6.10. The van der Waals surface area contributed by atoms with Crippen LogP contribution < -0.4 is 15.3 Å². The zero-order chi connectivity index (χ0) is 52.6. The normalized spacial score (nSPS) is 12.3. The first-order valence-corrected chi connectivity index (χ1v) is 24.4. The average Bonchev–Trinajstić information content (AvgIpc) is 3.24. The Morgan fingerprint density at radius 1 is 0.537 bits per heavy atom. The maximum absolute atomic E-state index is 12.6. The van der Waals surface area contributed by atoms with Crippen LogP contribution in [-0.4, -0.2) is 97.4 Å². The standard InChI is InChI=1S/C27H51N3O5.C22H43N3O3.2CH4.ClH.FH/c1-7-9-11-13-14-15-16-18-20-23(31)28-25(29-26(33)35-27(3,4)5)30(6)22-24(32)34-21-19-17-12-10-8-2;1-4-6-8-10-11-12-13-15-17-20(26)24-22(23)25(3)19-21(27)28-18-16-14-9-7-5-2;;;;/h7-22H2,1-6H3,(H,28,29,31,33);4-19H2,1-3H3,(H2,23,24,26);2*1H4;2*1H/p-1/i6D3;3D3;;;;. The van der Waals surface area contributed by atoms with Crippen molar-refractivity contribution in [3.05, 3.63) is 0 Å². The van der Waals surface area contributed by atoms with Gasteiger partial charge in [0.15, 0.2) is 5.96 Å². The Balaban J connectivity index is -0.000000297. The summed E-state index contributed by atoms with van der Waals surface area (Å²) in [6, 6.07) is 0. The molecule has 0 bridgehead atoms. The lowest BCUT2D eigenvalue weighted by molar-refractivity contribution is -0.144. The van der Waals surface area contributed by atoms with Gasteiger partial charge in [-0.3, -0.25) is 35.2 Å². The van der Waals surface area contributed by atoms with Crippen LogP contribution in [0.1, 0.15) is 251 Å². The van der Waals surface area contributed by atoms with Crippen molar-refractivity contribution in [2.24, 2.45) is 4.99 Å². The van der Waals surface area contributed by atoms with E-state index in [2.05, 4.69) is 43.3 Å². The summed E-state index contributed by atoms with van der Waals surface area (Å²) in [5, 5.41) is 12.7. The van der Waals surface area contributed by atoms with Crippen molar-refractivity contribution in [3.8, 4) is 0 Å². The molecule has 0 heterocycles. The molecular formula is C51H103ClFN6O8-. The monoisotopic (exact) mass is 988 g/mol. The molecule has 67 heavy (non-hydrogen) atoms. The zero-order valence-corrected chi connectivity index (χ0v) is 42.3. The van der Waals surface area contributed by atoms with Crippen molar-refractivity contribution in [2.75, 3.05) is 40.3 Å². The van der Waals surface area contributed by atoms with Crippen molar-refractivity contribution >= 4 is 54.2 Å². The number of ether oxygens (including phenoxy) is 3. The van der Waals surface area contributed by atoms with Crippen molar-refractivity contribution in [2.45, 2.75) is 249 Å². The van der Waals surface area contributed by atoms with Crippen LogP contribution in [0.5, 0.6) is 0 Å². The molecule has 14 nitrogen and oxygen atoms in total. The minimum atomic E-state index is -2.87. The number of halogens is 2. The number of guanidine groups is 2. The number of nitrogens with one attached hydrogen (secondary N) is 3. The highest BCUT2D eigenvalue weighted by Gasteiger charge is 2.21. The number of carbonyl (C=O) groups is 5. The number of nitrogens with zero attached hydrogens (tertiary/aromatic N) is 3. The average molecular weight is 989 g/mol. The number of hydrogen-bond acceptors (Lipinski definition) is 9. The number of carbonyl (C=O) groups excluding carboxylic acids is 5. The topological polar surface area (TPSA) is 180 Å². The number of amides is 3. The molecule has 0 aromatic carbocycles. The van der Waals surface area contributed by atoms with Crippen LogP contribution in [0.2, 0.25) is 0 Å². The zero-order valence-electron chi connectivity index (χ0n) is 47.5. The fraction of sp³-hybridized carbons (Fsp3) is 0.863. The lowest BCUT2D eigenvalue weighted by Gasteiger charge is -2.22. The van der Waals surface area contributed by atoms with Crippen molar-refractivity contribution in [3.63, 3.8) is 0 Å². The molecule has 0 fully saturated rings. The molecule has 16 heteroatoms. The van der Waals surface area contributed by atoms with Crippen LogP contribution >= 0.6 is 12.4 Å². The predicted molar refractivity (Wildman–Crippen MR) is 278 cm³/mol. The van der Waals surface area contributed by atoms with Crippen molar-refractivity contribution in [1.82, 2.24) is 20.4 Å². The van der Waals surface area contributed by atoms with Crippen LogP contribution in [0.15, 0.2) is 4.99 Å². The van der Waals surface area contributed by atoms with Gasteiger partial charge in [0.05, 0.1) is 13.2 Å². The van der Waals surface area contributed by atoms with Crippen LogP contribution in [-0.2, 0) is 33.4 Å². The molecule has 400 valence electrons. The molecular weight excluding hydrogens is 879 g/mol. The maximum atomic E-state index is 12.6. The van der Waals surface area contributed by atoms with E-state index in [1.807, 2.05) is 0 Å². The quantitative estimate of drug-likeness (QED) is 0.0185. The molecule has 3 amide bonds. The smallest absolute Gasteiger partial charge is 0.437 e. The number of rotatable bonds is 34. The second-order valence-corrected chi connectivity index (χ2v) is 17.3. The molecule has 0 spiro atoms. The third kappa shape index (κ3) is 53.3. The summed E-state index contributed by atoms with van der Waals surface area (Å²) in [6.45, 7) is 7.01. The second-order valence-electron chi connectivity index (χ2n) is 17.3. The van der Waals surface area contributed by atoms with Crippen LogP contribution in [0.3, 0.4) is 0 Å². The van der Waals surface area contributed by atoms with E-state index in [4.69, 9.17) is 27.8 Å². The molecule has 0 aliphatic rings. The largest absolute Gasteiger partial charge is 1.00 e. The van der Waals surface area contributed by atoms with Crippen LogP contribution in [0.25, 0.3) is 0 Å². The third-order valence-electron chi connectivity index (χ3n) is 9.74. The Hall–Kier alpha value is -3.49. The highest BCUT2D eigenvalue weighted by Crippen LogP contribution is 2.12. The van der Waals surface area contributed by atoms with Crippen molar-refractivity contribution in [1.29, 1.82) is 5.41 Å². The van der Waals surface area contributed by atoms with E-state index in [0.717, 1.165) is 96.3 Å². The summed E-state index contributed by atoms with van der Waals surface area (Å²) >= 11 is 0. The first-order chi connectivity index (χ1) is 32.5. The van der Waals surface area contributed by atoms with Gasteiger partial charge in [-0.1, -0.05) is 184 Å². The molecule has 0 aliphatic heterocycles. The van der Waals surface area contributed by atoms with Crippen LogP contribution in [0.4, 0.5) is 4.79 Å². The molecule has 0 radical (unpaired) electrons. The number of esters is 2. The summed E-state index contributed by atoms with van der Waals surface area (Å²) < 4.78 is 61.9. The lowest BCUT2D eigenvalue weighted by atomic mass is 10.1. The number of hydrogen-bond donors (Lipinski definition) is 3. The van der Waals surface area contributed by atoms with Gasteiger partial charge in [-0.25, -0.2) is 4.79 Å². The lowest BCUT2D eigenvalue weighted by Crippen LogP contribution is -3.00. The van der Waals surface area contributed by atoms with E-state index in [0.29, 0.717) is 29.1 Å². The second kappa shape index (κ2) is 51.9. The van der Waals surface area contributed by atoms with E-state index >= 15 is 0 Å². The van der Waals surface area contributed by atoms with Gasteiger partial charge >= 0.3 is 18.0 Å². The molecule has 0 unspecified atom stereocenters. The number of unbranched alkanes of at least 4 members (excludes halogenated alkanes) is 22. The van der Waals surface area contributed by atoms with E-state index in [1.165, 1.54) is 51.4 Å². The van der Waals surface area contributed by atoms with Crippen LogP contribution in [0, 0.1) is 5.41 Å². The number of aliphatic imine (C=N–C) groups is 1. The first kappa shape index (κ1) is 61.5. The molecule has 0 aromatic rings. The highest BCUT2D eigenvalue weighted by atomic mass is 35.5. The van der Waals surface area contributed by atoms with E-state index in [1.54, 1.807) is 20.8 Å². The summed E-state index contributed by atoms with van der Waals surface area (Å²) in [4.78, 5) is 66.4. The minimum absolute atomic E-state index is 0. The van der Waals surface area contributed by atoms with E-state index < -0.39 is 74.4 Å². The summed E-state index contributed by atoms with van der Waals surface area (Å²) in [7, 11) is 0.